The summed E-state index contributed by atoms with van der Waals surface area (Å²) >= 11 is 0. The highest BCUT2D eigenvalue weighted by Gasteiger charge is 2.31. The summed E-state index contributed by atoms with van der Waals surface area (Å²) in [4.78, 5) is 34.9. The number of nitrogens with one attached hydrogen (secondary N) is 1. The highest BCUT2D eigenvalue weighted by molar-refractivity contribution is 6.03. The highest BCUT2D eigenvalue weighted by Crippen LogP contribution is 2.31. The number of benzene rings is 1. The van der Waals surface area contributed by atoms with Crippen LogP contribution in [0.3, 0.4) is 0 Å². The van der Waals surface area contributed by atoms with Crippen LogP contribution in [0.4, 0.5) is 10.1 Å². The SMILES string of the molecule is CN1C(=O)[C@H](NC(=O)c2cc(Oc3ccc(F)nc3)ccn2)COc2ccc(C#CC(C)(C)O)cc21. The molecule has 2 N–H and O–H groups in total. The van der Waals surface area contributed by atoms with Gasteiger partial charge in [0.25, 0.3) is 11.8 Å². The van der Waals surface area contributed by atoms with Crippen LogP contribution in [0, 0.1) is 17.8 Å². The minimum atomic E-state index is -1.16. The quantitative estimate of drug-likeness (QED) is 0.427. The molecule has 0 radical (unpaired) electrons. The molecule has 0 aliphatic carbocycles. The molecular weight excluding hydrogens is 467 g/mol. The second-order valence-electron chi connectivity index (χ2n) is 8.52. The molecular formula is C26H23FN4O5. The topological polar surface area (TPSA) is 114 Å². The Labute approximate surface area is 206 Å². The molecule has 1 atom stereocenters. The van der Waals surface area contributed by atoms with Gasteiger partial charge >= 0.3 is 0 Å². The minimum absolute atomic E-state index is 0.0176. The number of aliphatic hydroxyl groups is 1. The van der Waals surface area contributed by atoms with Gasteiger partial charge in [-0.1, -0.05) is 11.8 Å². The molecule has 1 aliphatic rings. The Morgan fingerprint density at radius 1 is 1.22 bits per heavy atom. The molecule has 3 aromatic rings. The van der Waals surface area contributed by atoms with Crippen molar-refractivity contribution in [2.24, 2.45) is 0 Å². The molecule has 1 aliphatic heterocycles. The lowest BCUT2D eigenvalue weighted by atomic mass is 10.1. The first-order valence-corrected chi connectivity index (χ1v) is 11.0. The van der Waals surface area contributed by atoms with Gasteiger partial charge in [0.15, 0.2) is 0 Å². The number of halogens is 1. The molecule has 184 valence electrons. The fraction of sp³-hybridized carbons (Fsp3) is 0.231. The molecule has 10 heteroatoms. The van der Waals surface area contributed by atoms with E-state index in [0.29, 0.717) is 17.0 Å². The standard InChI is InChI=1S/C26H23FN4O5/c1-26(2,34)10-8-16-4-6-22-21(12-16)31(3)25(33)20(15-35-22)30-24(32)19-13-17(9-11-28-19)36-18-5-7-23(27)29-14-18/h4-7,9,11-14,20,34H,15H2,1-3H3,(H,30,32)/t20-/m1/s1. The fourth-order valence-corrected chi connectivity index (χ4v) is 3.29. The number of hydrogen-bond acceptors (Lipinski definition) is 7. The predicted octanol–water partition coefficient (Wildman–Crippen LogP) is 2.68. The number of pyridine rings is 2. The maximum Gasteiger partial charge on any atom is 0.270 e. The maximum atomic E-state index is 13.1. The van der Waals surface area contributed by atoms with Crippen LogP contribution in [0.15, 0.2) is 54.9 Å². The Hall–Kier alpha value is -4.49. The molecule has 0 saturated heterocycles. The zero-order chi connectivity index (χ0) is 25.9. The van der Waals surface area contributed by atoms with Crippen molar-refractivity contribution in [2.45, 2.75) is 25.5 Å². The van der Waals surface area contributed by atoms with E-state index in [2.05, 4.69) is 27.1 Å². The summed E-state index contributed by atoms with van der Waals surface area (Å²) in [7, 11) is 1.58. The van der Waals surface area contributed by atoms with Crippen molar-refractivity contribution in [2.75, 3.05) is 18.6 Å². The van der Waals surface area contributed by atoms with E-state index in [9.17, 15) is 19.1 Å². The van der Waals surface area contributed by atoms with E-state index in [1.54, 1.807) is 39.1 Å². The molecule has 0 bridgehead atoms. The summed E-state index contributed by atoms with van der Waals surface area (Å²) in [6.45, 7) is 3.06. The van der Waals surface area contributed by atoms with E-state index in [-0.39, 0.29) is 29.7 Å². The van der Waals surface area contributed by atoms with E-state index in [1.807, 2.05) is 0 Å². The Balaban J connectivity index is 1.48. The number of likely N-dealkylation sites (N-methyl/N-ethyl adjacent to an activating group) is 1. The minimum Gasteiger partial charge on any atom is -0.489 e. The van der Waals surface area contributed by atoms with Gasteiger partial charge in [-0.05, 0) is 50.2 Å². The summed E-state index contributed by atoms with van der Waals surface area (Å²) in [5.41, 5.74) is -0.0594. The van der Waals surface area contributed by atoms with Crippen molar-refractivity contribution < 1.29 is 28.6 Å². The third-order valence-electron chi connectivity index (χ3n) is 5.07. The van der Waals surface area contributed by atoms with Gasteiger partial charge in [-0.2, -0.15) is 4.39 Å². The van der Waals surface area contributed by atoms with Gasteiger partial charge in [0.2, 0.25) is 5.95 Å². The number of fused-ring (bicyclic) bond motifs is 1. The largest absolute Gasteiger partial charge is 0.489 e. The first kappa shape index (κ1) is 24.6. The van der Waals surface area contributed by atoms with Crippen LogP contribution in [-0.2, 0) is 4.79 Å². The normalized spacial score (nSPS) is 15.1. The molecule has 0 unspecified atom stereocenters. The van der Waals surface area contributed by atoms with E-state index < -0.39 is 23.5 Å². The number of rotatable bonds is 4. The smallest absolute Gasteiger partial charge is 0.270 e. The molecule has 2 amide bonds. The maximum absolute atomic E-state index is 13.1. The van der Waals surface area contributed by atoms with Gasteiger partial charge in [-0.3, -0.25) is 14.6 Å². The number of aromatic nitrogens is 2. The first-order chi connectivity index (χ1) is 17.1. The van der Waals surface area contributed by atoms with E-state index in [0.717, 1.165) is 6.07 Å². The third-order valence-corrected chi connectivity index (χ3v) is 5.07. The molecule has 0 spiro atoms. The average Bonchev–Trinajstić information content (AvgIpc) is 2.96. The van der Waals surface area contributed by atoms with Crippen molar-refractivity contribution in [3.05, 3.63) is 72.1 Å². The lowest BCUT2D eigenvalue weighted by Crippen LogP contribution is -2.49. The summed E-state index contributed by atoms with van der Waals surface area (Å²) in [6.07, 6.45) is 2.59. The van der Waals surface area contributed by atoms with Crippen molar-refractivity contribution in [3.8, 4) is 29.1 Å². The van der Waals surface area contributed by atoms with Crippen LogP contribution in [-0.4, -0.2) is 52.2 Å². The van der Waals surface area contributed by atoms with Gasteiger partial charge in [0, 0.05) is 24.9 Å². The summed E-state index contributed by atoms with van der Waals surface area (Å²) in [5, 5.41) is 12.5. The van der Waals surface area contributed by atoms with Gasteiger partial charge < -0.3 is 24.8 Å². The van der Waals surface area contributed by atoms with Gasteiger partial charge in [-0.15, -0.1) is 0 Å². The van der Waals surface area contributed by atoms with Crippen molar-refractivity contribution in [3.63, 3.8) is 0 Å². The van der Waals surface area contributed by atoms with Crippen molar-refractivity contribution in [1.82, 2.24) is 15.3 Å². The first-order valence-electron chi connectivity index (χ1n) is 11.0. The molecule has 3 heterocycles. The van der Waals surface area contributed by atoms with Crippen molar-refractivity contribution in [1.29, 1.82) is 0 Å². The molecule has 4 rings (SSSR count). The predicted molar refractivity (Wildman–Crippen MR) is 128 cm³/mol. The molecule has 0 saturated carbocycles. The van der Waals surface area contributed by atoms with E-state index in [1.165, 1.54) is 35.5 Å². The number of carbonyl (C=O) groups is 2. The zero-order valence-corrected chi connectivity index (χ0v) is 19.8. The van der Waals surface area contributed by atoms with Gasteiger partial charge in [0.05, 0.1) is 11.9 Å². The van der Waals surface area contributed by atoms with Crippen LogP contribution < -0.4 is 19.7 Å². The van der Waals surface area contributed by atoms with E-state index >= 15 is 0 Å². The Morgan fingerprint density at radius 2 is 2.03 bits per heavy atom. The van der Waals surface area contributed by atoms with E-state index in [4.69, 9.17) is 9.47 Å². The summed E-state index contributed by atoms with van der Waals surface area (Å²) in [6, 6.07) is 9.59. The molecule has 36 heavy (non-hydrogen) atoms. The fourth-order valence-electron chi connectivity index (χ4n) is 3.29. The number of nitrogens with zero attached hydrogens (tertiary/aromatic N) is 3. The molecule has 9 nitrogen and oxygen atoms in total. The molecule has 1 aromatic carbocycles. The molecule has 0 fully saturated rings. The molecule has 2 aromatic heterocycles. The number of hydrogen-bond donors (Lipinski definition) is 2. The van der Waals surface area contributed by atoms with Crippen LogP contribution in [0.2, 0.25) is 0 Å². The lowest BCUT2D eigenvalue weighted by molar-refractivity contribution is -0.120. The van der Waals surface area contributed by atoms with Crippen LogP contribution in [0.25, 0.3) is 0 Å². The van der Waals surface area contributed by atoms with Gasteiger partial charge in [0.1, 0.15) is 41.2 Å². The Morgan fingerprint density at radius 3 is 2.75 bits per heavy atom. The van der Waals surface area contributed by atoms with Crippen LogP contribution in [0.5, 0.6) is 17.2 Å². The number of amides is 2. The monoisotopic (exact) mass is 490 g/mol. The summed E-state index contributed by atoms with van der Waals surface area (Å²) < 4.78 is 24.4. The number of ether oxygens (including phenoxy) is 2. The van der Waals surface area contributed by atoms with Crippen LogP contribution >= 0.6 is 0 Å². The third kappa shape index (κ3) is 5.95. The number of anilines is 1. The van der Waals surface area contributed by atoms with Gasteiger partial charge in [-0.25, -0.2) is 4.98 Å². The second kappa shape index (κ2) is 10.0. The lowest BCUT2D eigenvalue weighted by Gasteiger charge is -2.20. The average molecular weight is 490 g/mol. The highest BCUT2D eigenvalue weighted by atomic mass is 19.1. The van der Waals surface area contributed by atoms with Crippen molar-refractivity contribution >= 4 is 17.5 Å². The Kier molecular flexibility index (Phi) is 6.85. The Bertz CT molecular complexity index is 1360. The van der Waals surface area contributed by atoms with Crippen LogP contribution in [0.1, 0.15) is 29.9 Å². The second-order valence-corrected chi connectivity index (χ2v) is 8.52. The summed E-state index contributed by atoms with van der Waals surface area (Å²) in [5.74, 6) is 5.00. The zero-order valence-electron chi connectivity index (χ0n) is 19.8. The number of carbonyl (C=O) groups excluding carboxylic acids is 2.